The van der Waals surface area contributed by atoms with Crippen LogP contribution in [0.3, 0.4) is 0 Å². The van der Waals surface area contributed by atoms with Crippen LogP contribution < -0.4 is 21.1 Å². The molecule has 9 nitrogen and oxygen atoms in total. The first kappa shape index (κ1) is 31.0. The Morgan fingerprint density at radius 1 is 1.14 bits per heavy atom. The maximum Gasteiger partial charge on any atom is 0.267 e. The van der Waals surface area contributed by atoms with Crippen molar-refractivity contribution in [1.29, 1.82) is 0 Å². The number of amides is 2. The first-order chi connectivity index (χ1) is 17.3. The minimum absolute atomic E-state index is 0.109. The predicted octanol–water partition coefficient (Wildman–Crippen LogP) is 3.54. The van der Waals surface area contributed by atoms with E-state index in [-0.39, 0.29) is 23.2 Å². The molecule has 0 bridgehead atoms. The summed E-state index contributed by atoms with van der Waals surface area (Å²) in [7, 11) is 1.49. The fraction of sp³-hybridized carbons (Fsp3) is 0.500. The molecular weight excluding hydrogens is 467 g/mol. The van der Waals surface area contributed by atoms with Crippen molar-refractivity contribution in [3.8, 4) is 5.75 Å². The van der Waals surface area contributed by atoms with Gasteiger partial charge in [-0.15, -0.1) is 0 Å². The minimum atomic E-state index is -0.636. The molecule has 0 saturated heterocycles. The number of hydrogen-bond donors (Lipinski definition) is 3. The molecule has 1 aromatic heterocycles. The van der Waals surface area contributed by atoms with Crippen LogP contribution >= 0.6 is 0 Å². The molecule has 36 heavy (non-hydrogen) atoms. The number of pyridine rings is 1. The second-order valence-corrected chi connectivity index (χ2v) is 8.15. The molecular formula is C26H39FN4O5. The van der Waals surface area contributed by atoms with Gasteiger partial charge in [0.15, 0.2) is 11.6 Å². The molecule has 0 spiro atoms. The Morgan fingerprint density at radius 3 is 2.53 bits per heavy atom. The molecule has 1 unspecified atom stereocenters. The lowest BCUT2D eigenvalue weighted by molar-refractivity contribution is -0.126. The summed E-state index contributed by atoms with van der Waals surface area (Å²) < 4.78 is 28.9. The van der Waals surface area contributed by atoms with Gasteiger partial charge in [0, 0.05) is 31.6 Å². The van der Waals surface area contributed by atoms with Crippen LogP contribution in [-0.4, -0.2) is 62.4 Å². The zero-order valence-corrected chi connectivity index (χ0v) is 21.6. The molecule has 0 saturated carbocycles. The van der Waals surface area contributed by atoms with Crippen LogP contribution in [0, 0.1) is 5.82 Å². The number of rotatable bonds is 15. The lowest BCUT2D eigenvalue weighted by Gasteiger charge is -2.14. The number of anilines is 1. The zero-order valence-electron chi connectivity index (χ0n) is 21.6. The summed E-state index contributed by atoms with van der Waals surface area (Å²) in [4.78, 5) is 26.6. The topological polar surface area (TPSA) is 125 Å². The molecule has 2 rings (SSSR count). The van der Waals surface area contributed by atoms with Crippen LogP contribution in [0.5, 0.6) is 5.75 Å². The van der Waals surface area contributed by atoms with Crippen LogP contribution in [0.1, 0.15) is 50.5 Å². The summed E-state index contributed by atoms with van der Waals surface area (Å²) in [5.74, 6) is -0.940. The molecule has 200 valence electrons. The summed E-state index contributed by atoms with van der Waals surface area (Å²) >= 11 is 0. The van der Waals surface area contributed by atoms with Crippen molar-refractivity contribution in [1.82, 2.24) is 10.3 Å². The number of primary amides is 1. The molecule has 0 radical (unpaired) electrons. The van der Waals surface area contributed by atoms with Crippen LogP contribution in [0.4, 0.5) is 10.1 Å². The van der Waals surface area contributed by atoms with Crippen LogP contribution in [0.2, 0.25) is 0 Å². The van der Waals surface area contributed by atoms with Crippen molar-refractivity contribution in [2.24, 2.45) is 5.73 Å². The Kier molecular flexibility index (Phi) is 15.7. The maximum absolute atomic E-state index is 13.2. The van der Waals surface area contributed by atoms with E-state index in [1.165, 1.54) is 25.4 Å². The molecule has 1 heterocycles. The molecule has 1 atom stereocenters. The number of nitrogens with two attached hydrogens (primary N) is 1. The SMILES string of the molecule is CC(C)NCCCOCCOc1ccccc1F.CCCC(OC)C(=O)Nc1ccnc(C(N)=O)c1. The highest BCUT2D eigenvalue weighted by Crippen LogP contribution is 2.15. The number of hydrogen-bond acceptors (Lipinski definition) is 7. The monoisotopic (exact) mass is 506 g/mol. The van der Waals surface area contributed by atoms with Crippen molar-refractivity contribution >= 4 is 17.5 Å². The molecule has 0 aliphatic carbocycles. The van der Waals surface area contributed by atoms with Gasteiger partial charge in [-0.05, 0) is 43.7 Å². The summed E-state index contributed by atoms with van der Waals surface area (Å²) in [5.41, 5.74) is 5.69. The Balaban J connectivity index is 0.000000360. The van der Waals surface area contributed by atoms with Crippen LogP contribution in [0.15, 0.2) is 42.6 Å². The quantitative estimate of drug-likeness (QED) is 0.316. The Morgan fingerprint density at radius 2 is 1.89 bits per heavy atom. The second-order valence-electron chi connectivity index (χ2n) is 8.15. The first-order valence-electron chi connectivity index (χ1n) is 12.1. The molecule has 1 aromatic carbocycles. The van der Waals surface area contributed by atoms with E-state index in [9.17, 15) is 14.0 Å². The number of carbonyl (C=O) groups excluding carboxylic acids is 2. The molecule has 2 aromatic rings. The number of halogens is 1. The molecule has 0 aliphatic rings. The van der Waals surface area contributed by atoms with Crippen molar-refractivity contribution < 1.29 is 28.2 Å². The number of ether oxygens (including phenoxy) is 3. The van der Waals surface area contributed by atoms with Crippen molar-refractivity contribution in [2.75, 3.05) is 38.8 Å². The van der Waals surface area contributed by atoms with Crippen molar-refractivity contribution in [3.63, 3.8) is 0 Å². The van der Waals surface area contributed by atoms with Gasteiger partial charge < -0.3 is 30.6 Å². The second kappa shape index (κ2) is 18.2. The van der Waals surface area contributed by atoms with Gasteiger partial charge in [-0.3, -0.25) is 14.6 Å². The third-order valence-corrected chi connectivity index (χ3v) is 4.75. The Hall–Kier alpha value is -3.08. The van der Waals surface area contributed by atoms with Gasteiger partial charge in [0.1, 0.15) is 18.4 Å². The zero-order chi connectivity index (χ0) is 26.8. The molecule has 0 aliphatic heterocycles. The summed E-state index contributed by atoms with van der Waals surface area (Å²) in [6, 6.07) is 9.91. The van der Waals surface area contributed by atoms with E-state index in [2.05, 4.69) is 29.5 Å². The maximum atomic E-state index is 13.2. The van der Waals surface area contributed by atoms with E-state index < -0.39 is 12.0 Å². The predicted molar refractivity (Wildman–Crippen MR) is 138 cm³/mol. The molecule has 4 N–H and O–H groups in total. The largest absolute Gasteiger partial charge is 0.488 e. The summed E-state index contributed by atoms with van der Waals surface area (Å²) in [5, 5.41) is 5.97. The van der Waals surface area contributed by atoms with E-state index >= 15 is 0 Å². The number of benzene rings is 1. The van der Waals surface area contributed by atoms with E-state index in [0.717, 1.165) is 19.4 Å². The molecule has 10 heteroatoms. The first-order valence-corrected chi connectivity index (χ1v) is 12.1. The highest BCUT2D eigenvalue weighted by Gasteiger charge is 2.17. The number of methoxy groups -OCH3 is 1. The van der Waals surface area contributed by atoms with E-state index in [1.807, 2.05) is 6.92 Å². The van der Waals surface area contributed by atoms with E-state index in [0.29, 0.717) is 38.0 Å². The highest BCUT2D eigenvalue weighted by atomic mass is 19.1. The average molecular weight is 507 g/mol. The normalized spacial score (nSPS) is 11.4. The fourth-order valence-electron chi connectivity index (χ4n) is 2.92. The van der Waals surface area contributed by atoms with Crippen LogP contribution in [-0.2, 0) is 14.3 Å². The average Bonchev–Trinajstić information content (AvgIpc) is 2.85. The number of nitrogens with one attached hydrogen (secondary N) is 2. The smallest absolute Gasteiger partial charge is 0.267 e. The van der Waals surface area contributed by atoms with Gasteiger partial charge in [0.05, 0.1) is 6.61 Å². The van der Waals surface area contributed by atoms with Gasteiger partial charge in [-0.1, -0.05) is 39.3 Å². The van der Waals surface area contributed by atoms with Gasteiger partial charge in [0.25, 0.3) is 11.8 Å². The Labute approximate surface area is 212 Å². The standard InChI is InChI=1S/C14H22FNO2.C12H17N3O3/c1-12(2)16-8-5-9-17-10-11-18-14-7-4-3-6-13(14)15;1-3-4-10(18-2)12(17)15-8-5-6-14-9(7-8)11(13)16/h3-4,6-7,12,16H,5,8-11H2,1-2H3;5-7,10H,3-4H2,1-2H3,(H2,13,16)(H,14,15,17). The minimum Gasteiger partial charge on any atom is -0.488 e. The van der Waals surface area contributed by atoms with Crippen molar-refractivity contribution in [2.45, 2.75) is 52.2 Å². The lowest BCUT2D eigenvalue weighted by atomic mass is 10.2. The molecule has 0 fully saturated rings. The Bertz CT molecular complexity index is 913. The number of aromatic nitrogens is 1. The van der Waals surface area contributed by atoms with Crippen molar-refractivity contribution in [3.05, 3.63) is 54.1 Å². The third-order valence-electron chi connectivity index (χ3n) is 4.75. The highest BCUT2D eigenvalue weighted by molar-refractivity contribution is 5.96. The summed E-state index contributed by atoms with van der Waals surface area (Å²) in [6.07, 6.45) is 3.36. The molecule has 2 amide bonds. The van der Waals surface area contributed by atoms with Gasteiger partial charge in [0.2, 0.25) is 0 Å². The van der Waals surface area contributed by atoms with E-state index in [4.69, 9.17) is 19.9 Å². The fourth-order valence-corrected chi connectivity index (χ4v) is 2.92. The van der Waals surface area contributed by atoms with Crippen LogP contribution in [0.25, 0.3) is 0 Å². The third kappa shape index (κ3) is 13.1. The van der Waals surface area contributed by atoms with Gasteiger partial charge in [-0.2, -0.15) is 0 Å². The van der Waals surface area contributed by atoms with E-state index in [1.54, 1.807) is 24.3 Å². The summed E-state index contributed by atoms with van der Waals surface area (Å²) in [6.45, 7) is 8.70. The number of nitrogens with zero attached hydrogens (tertiary/aromatic N) is 1. The number of carbonyl (C=O) groups is 2. The van der Waals surface area contributed by atoms with Gasteiger partial charge >= 0.3 is 0 Å². The number of para-hydroxylation sites is 1. The van der Waals surface area contributed by atoms with Gasteiger partial charge in [-0.25, -0.2) is 4.39 Å². The lowest BCUT2D eigenvalue weighted by Crippen LogP contribution is -2.29.